The molecule has 0 radical (unpaired) electrons. The Balaban J connectivity index is 1.68. The summed E-state index contributed by atoms with van der Waals surface area (Å²) < 4.78 is 13.1. The van der Waals surface area contributed by atoms with Crippen LogP contribution in [0.2, 0.25) is 0 Å². The van der Waals surface area contributed by atoms with E-state index in [-0.39, 0.29) is 12.2 Å². The number of nitrogens with two attached hydrogens (primary N) is 1. The molecule has 3 aliphatic heterocycles. The molecule has 0 bridgehead atoms. The van der Waals surface area contributed by atoms with Gasteiger partial charge in [0.05, 0.1) is 6.67 Å². The van der Waals surface area contributed by atoms with Crippen LogP contribution in [0.5, 0.6) is 0 Å². The number of hydrogen-bond donors (Lipinski definition) is 1. The summed E-state index contributed by atoms with van der Waals surface area (Å²) in [4.78, 5) is 9.07. The van der Waals surface area contributed by atoms with Crippen molar-refractivity contribution in [2.24, 2.45) is 10.7 Å². The zero-order chi connectivity index (χ0) is 11.1. The number of hydrogen-bond acceptors (Lipinski definition) is 4. The predicted octanol–water partition coefficient (Wildman–Crippen LogP) is 0.190. The molecule has 0 amide bonds. The van der Waals surface area contributed by atoms with Gasteiger partial charge in [-0.3, -0.25) is 14.8 Å². The van der Waals surface area contributed by atoms with Crippen molar-refractivity contribution in [3.63, 3.8) is 0 Å². The van der Waals surface area contributed by atoms with Crippen LogP contribution in [-0.4, -0.2) is 60.2 Å². The monoisotopic (exact) mass is 226 g/mol. The molecule has 3 heterocycles. The second-order valence-electron chi connectivity index (χ2n) is 5.15. The van der Waals surface area contributed by atoms with Gasteiger partial charge in [0.15, 0.2) is 0 Å². The molecular weight excluding hydrogens is 207 g/mol. The van der Waals surface area contributed by atoms with E-state index in [1.807, 2.05) is 0 Å². The van der Waals surface area contributed by atoms with E-state index >= 15 is 0 Å². The molecule has 0 saturated carbocycles. The van der Waals surface area contributed by atoms with E-state index < -0.39 is 6.17 Å². The van der Waals surface area contributed by atoms with E-state index in [2.05, 4.69) is 14.8 Å². The van der Waals surface area contributed by atoms with Crippen LogP contribution in [0.1, 0.15) is 19.3 Å². The lowest BCUT2D eigenvalue weighted by atomic mass is 10.0. The largest absolute Gasteiger partial charge is 0.325 e. The number of halogens is 1. The Hall–Kier alpha value is -0.520. The molecule has 0 spiro atoms. The summed E-state index contributed by atoms with van der Waals surface area (Å²) in [5.74, 6) is 0. The Morgan fingerprint density at radius 2 is 2.25 bits per heavy atom. The minimum atomic E-state index is -0.950. The lowest BCUT2D eigenvalue weighted by Crippen LogP contribution is -2.50. The van der Waals surface area contributed by atoms with Crippen molar-refractivity contribution in [3.05, 3.63) is 0 Å². The molecule has 3 aliphatic rings. The van der Waals surface area contributed by atoms with E-state index in [0.717, 1.165) is 13.2 Å². The topological polar surface area (TPSA) is 44.9 Å². The third kappa shape index (κ3) is 1.77. The van der Waals surface area contributed by atoms with Gasteiger partial charge in [0, 0.05) is 31.3 Å². The van der Waals surface area contributed by atoms with E-state index in [1.165, 1.54) is 25.6 Å². The Bertz CT molecular complexity index is 284. The Kier molecular flexibility index (Phi) is 2.69. The maximum Gasteiger partial charge on any atom is 0.136 e. The second-order valence-corrected chi connectivity index (χ2v) is 5.15. The van der Waals surface area contributed by atoms with Crippen molar-refractivity contribution in [1.82, 2.24) is 9.80 Å². The van der Waals surface area contributed by atoms with Crippen LogP contribution in [0.25, 0.3) is 0 Å². The summed E-state index contributed by atoms with van der Waals surface area (Å²) in [6.07, 6.45) is 3.48. The molecule has 4 atom stereocenters. The molecule has 3 rings (SSSR count). The van der Waals surface area contributed by atoms with Crippen molar-refractivity contribution in [3.8, 4) is 0 Å². The summed E-state index contributed by atoms with van der Waals surface area (Å²) in [6, 6.07) is 0.533. The molecule has 4 nitrogen and oxygen atoms in total. The van der Waals surface area contributed by atoms with Gasteiger partial charge >= 0.3 is 0 Å². The van der Waals surface area contributed by atoms with Gasteiger partial charge in [-0.05, 0) is 19.4 Å². The fourth-order valence-electron chi connectivity index (χ4n) is 3.14. The molecule has 2 N–H and O–H groups in total. The van der Waals surface area contributed by atoms with Crippen LogP contribution in [0.4, 0.5) is 4.39 Å². The van der Waals surface area contributed by atoms with E-state index in [0.29, 0.717) is 12.5 Å². The smallest absolute Gasteiger partial charge is 0.136 e. The fourth-order valence-corrected chi connectivity index (χ4v) is 3.14. The molecule has 90 valence electrons. The first kappa shape index (κ1) is 10.6. The van der Waals surface area contributed by atoms with Crippen LogP contribution < -0.4 is 5.73 Å². The molecule has 2 saturated heterocycles. The first-order valence-corrected chi connectivity index (χ1v) is 6.15. The lowest BCUT2D eigenvalue weighted by molar-refractivity contribution is 0.159. The van der Waals surface area contributed by atoms with Crippen molar-refractivity contribution < 1.29 is 4.39 Å². The van der Waals surface area contributed by atoms with Crippen molar-refractivity contribution in [2.75, 3.05) is 19.8 Å². The SMILES string of the molecule is NC1CC(F)C=NC1N1CC2CCCN2C1. The van der Waals surface area contributed by atoms with Gasteiger partial charge in [-0.25, -0.2) is 4.39 Å². The maximum atomic E-state index is 13.1. The molecule has 0 aromatic carbocycles. The second kappa shape index (κ2) is 4.05. The van der Waals surface area contributed by atoms with Crippen LogP contribution in [0.3, 0.4) is 0 Å². The minimum absolute atomic E-state index is 0.00222. The zero-order valence-corrected chi connectivity index (χ0v) is 9.43. The molecule has 0 aromatic heterocycles. The van der Waals surface area contributed by atoms with Crippen molar-refractivity contribution in [1.29, 1.82) is 0 Å². The van der Waals surface area contributed by atoms with Crippen molar-refractivity contribution >= 4 is 6.21 Å². The Morgan fingerprint density at radius 1 is 1.38 bits per heavy atom. The highest BCUT2D eigenvalue weighted by Crippen LogP contribution is 2.27. The molecular formula is C11H19FN4. The fraction of sp³-hybridized carbons (Fsp3) is 0.909. The summed E-state index contributed by atoms with van der Waals surface area (Å²) in [5.41, 5.74) is 5.99. The van der Waals surface area contributed by atoms with Crippen LogP contribution >= 0.6 is 0 Å². The van der Waals surface area contributed by atoms with Gasteiger partial charge in [0.25, 0.3) is 0 Å². The number of rotatable bonds is 1. The number of aliphatic imine (C=N–C) groups is 1. The van der Waals surface area contributed by atoms with Gasteiger partial charge in [-0.1, -0.05) is 0 Å². The first-order chi connectivity index (χ1) is 7.74. The van der Waals surface area contributed by atoms with Gasteiger partial charge < -0.3 is 5.73 Å². The van der Waals surface area contributed by atoms with E-state index in [9.17, 15) is 4.39 Å². The normalized spacial score (nSPS) is 45.1. The predicted molar refractivity (Wildman–Crippen MR) is 61.1 cm³/mol. The summed E-state index contributed by atoms with van der Waals surface area (Å²) >= 11 is 0. The van der Waals surface area contributed by atoms with E-state index in [1.54, 1.807) is 0 Å². The average Bonchev–Trinajstić information content (AvgIpc) is 2.76. The summed E-state index contributed by atoms with van der Waals surface area (Å²) in [7, 11) is 0. The van der Waals surface area contributed by atoms with Gasteiger partial charge in [-0.15, -0.1) is 0 Å². The third-order valence-electron chi connectivity index (χ3n) is 3.96. The molecule has 5 heteroatoms. The van der Waals surface area contributed by atoms with Gasteiger partial charge in [0.1, 0.15) is 12.3 Å². The maximum absolute atomic E-state index is 13.1. The average molecular weight is 226 g/mol. The number of alkyl halides is 1. The minimum Gasteiger partial charge on any atom is -0.325 e. The molecule has 16 heavy (non-hydrogen) atoms. The molecule has 2 fully saturated rings. The highest BCUT2D eigenvalue weighted by Gasteiger charge is 2.39. The Morgan fingerprint density at radius 3 is 3.00 bits per heavy atom. The van der Waals surface area contributed by atoms with Crippen LogP contribution in [-0.2, 0) is 0 Å². The zero-order valence-electron chi connectivity index (χ0n) is 9.43. The Labute approximate surface area is 95.3 Å². The highest BCUT2D eigenvalue weighted by atomic mass is 19.1. The standard InChI is InChI=1S/C11H19FN4/c12-8-4-10(13)11(14-5-8)16-6-9-2-1-3-15(9)7-16/h5,8-11H,1-4,6-7,13H2. The van der Waals surface area contributed by atoms with Gasteiger partial charge in [-0.2, -0.15) is 0 Å². The summed E-state index contributed by atoms with van der Waals surface area (Å²) in [5, 5.41) is 0. The lowest BCUT2D eigenvalue weighted by Gasteiger charge is -2.32. The number of fused-ring (bicyclic) bond motifs is 1. The highest BCUT2D eigenvalue weighted by molar-refractivity contribution is 5.64. The van der Waals surface area contributed by atoms with Crippen molar-refractivity contribution in [2.45, 2.75) is 43.7 Å². The van der Waals surface area contributed by atoms with E-state index in [4.69, 9.17) is 5.73 Å². The quantitative estimate of drug-likeness (QED) is 0.694. The third-order valence-corrected chi connectivity index (χ3v) is 3.96. The van der Waals surface area contributed by atoms with Gasteiger partial charge in [0.2, 0.25) is 0 Å². The first-order valence-electron chi connectivity index (χ1n) is 6.15. The summed E-state index contributed by atoms with van der Waals surface area (Å²) in [6.45, 7) is 3.20. The molecule has 0 aromatic rings. The van der Waals surface area contributed by atoms with Crippen LogP contribution in [0.15, 0.2) is 4.99 Å². The molecule has 0 aliphatic carbocycles. The van der Waals surface area contributed by atoms with Crippen LogP contribution in [0, 0.1) is 0 Å². The number of nitrogens with zero attached hydrogens (tertiary/aromatic N) is 3. The molecule has 4 unspecified atom stereocenters.